The molecule has 0 bridgehead atoms. The minimum atomic E-state index is -4.54. The van der Waals surface area contributed by atoms with Gasteiger partial charge in [-0.1, -0.05) is 0 Å². The number of aromatic nitrogens is 2. The zero-order valence-corrected chi connectivity index (χ0v) is 9.49. The maximum atomic E-state index is 13.4. The summed E-state index contributed by atoms with van der Waals surface area (Å²) in [6, 6.07) is 0.114. The van der Waals surface area contributed by atoms with Crippen LogP contribution in [-0.2, 0) is 10.9 Å². The van der Waals surface area contributed by atoms with Crippen LogP contribution in [-0.4, -0.2) is 42.4 Å². The van der Waals surface area contributed by atoms with Crippen LogP contribution in [0, 0.1) is 0 Å². The monoisotopic (exact) mass is 265 g/mol. The first-order chi connectivity index (χ1) is 8.39. The van der Waals surface area contributed by atoms with Gasteiger partial charge in [-0.25, -0.2) is 14.4 Å². The highest BCUT2D eigenvalue weighted by molar-refractivity contribution is 5.32. The standard InChI is InChI=1S/C10H11F4N3O/c1-17(7-5-18-4-6(7)11)9-15-3-2-8(16-9)10(12,13)14/h2-3,6-7H,4-5H2,1H3/t6-,7-/m1/s1. The van der Waals surface area contributed by atoms with Crippen molar-refractivity contribution in [2.45, 2.75) is 18.4 Å². The first-order valence-corrected chi connectivity index (χ1v) is 5.24. The summed E-state index contributed by atoms with van der Waals surface area (Å²) in [7, 11) is 1.45. The molecule has 1 saturated heterocycles. The number of halogens is 4. The van der Waals surface area contributed by atoms with Gasteiger partial charge in [0, 0.05) is 13.2 Å². The van der Waals surface area contributed by atoms with Crippen molar-refractivity contribution >= 4 is 5.95 Å². The third-order valence-electron chi connectivity index (χ3n) is 2.73. The summed E-state index contributed by atoms with van der Waals surface area (Å²) in [4.78, 5) is 8.39. The second kappa shape index (κ2) is 4.68. The van der Waals surface area contributed by atoms with E-state index in [9.17, 15) is 17.6 Å². The molecule has 100 valence electrons. The number of alkyl halides is 4. The van der Waals surface area contributed by atoms with E-state index >= 15 is 0 Å². The maximum Gasteiger partial charge on any atom is 0.433 e. The minimum absolute atomic E-state index is 0.0615. The number of hydrogen-bond acceptors (Lipinski definition) is 4. The van der Waals surface area contributed by atoms with Gasteiger partial charge in [-0.05, 0) is 6.07 Å². The van der Waals surface area contributed by atoms with Gasteiger partial charge < -0.3 is 9.64 Å². The van der Waals surface area contributed by atoms with E-state index in [0.29, 0.717) is 0 Å². The molecule has 1 aromatic heterocycles. The van der Waals surface area contributed by atoms with Gasteiger partial charge in [0.05, 0.1) is 19.3 Å². The lowest BCUT2D eigenvalue weighted by atomic mass is 10.2. The summed E-state index contributed by atoms with van der Waals surface area (Å²) in [6.45, 7) is 0.0469. The normalized spacial score (nSPS) is 24.3. The predicted molar refractivity (Wildman–Crippen MR) is 54.9 cm³/mol. The van der Waals surface area contributed by atoms with Crippen LogP contribution in [0.15, 0.2) is 12.3 Å². The highest BCUT2D eigenvalue weighted by atomic mass is 19.4. The van der Waals surface area contributed by atoms with Crippen molar-refractivity contribution in [1.82, 2.24) is 9.97 Å². The van der Waals surface area contributed by atoms with Crippen molar-refractivity contribution in [1.29, 1.82) is 0 Å². The van der Waals surface area contributed by atoms with E-state index in [-0.39, 0.29) is 19.2 Å². The van der Waals surface area contributed by atoms with E-state index in [2.05, 4.69) is 9.97 Å². The molecular formula is C10H11F4N3O. The average molecular weight is 265 g/mol. The van der Waals surface area contributed by atoms with Crippen LogP contribution in [0.4, 0.5) is 23.5 Å². The maximum absolute atomic E-state index is 13.4. The lowest BCUT2D eigenvalue weighted by Gasteiger charge is -2.24. The molecule has 0 N–H and O–H groups in total. The largest absolute Gasteiger partial charge is 0.433 e. The lowest BCUT2D eigenvalue weighted by molar-refractivity contribution is -0.141. The molecule has 2 heterocycles. The molecule has 1 aromatic rings. The predicted octanol–water partition coefficient (Wildman–Crippen LogP) is 1.67. The molecule has 0 spiro atoms. The molecule has 8 heteroatoms. The Morgan fingerprint density at radius 1 is 1.39 bits per heavy atom. The number of ether oxygens (including phenoxy) is 1. The van der Waals surface area contributed by atoms with Crippen LogP contribution in [0.2, 0.25) is 0 Å². The van der Waals surface area contributed by atoms with E-state index < -0.39 is 24.1 Å². The van der Waals surface area contributed by atoms with Crippen molar-refractivity contribution in [3.8, 4) is 0 Å². The molecule has 0 saturated carbocycles. The zero-order valence-electron chi connectivity index (χ0n) is 9.49. The van der Waals surface area contributed by atoms with Crippen LogP contribution in [0.25, 0.3) is 0 Å². The SMILES string of the molecule is CN(c1nccc(C(F)(F)F)n1)[C@@H]1COC[C@H]1F. The number of rotatable bonds is 2. The topological polar surface area (TPSA) is 38.2 Å². The van der Waals surface area contributed by atoms with Crippen LogP contribution in [0.3, 0.4) is 0 Å². The van der Waals surface area contributed by atoms with Crippen LogP contribution in [0.1, 0.15) is 5.69 Å². The van der Waals surface area contributed by atoms with Crippen molar-refractivity contribution in [2.75, 3.05) is 25.2 Å². The molecule has 0 amide bonds. The summed E-state index contributed by atoms with van der Waals surface area (Å²) in [5.41, 5.74) is -1.05. The molecule has 0 aromatic carbocycles. The van der Waals surface area contributed by atoms with E-state index in [4.69, 9.17) is 4.74 Å². The summed E-state index contributed by atoms with van der Waals surface area (Å²) in [5, 5.41) is 0. The number of nitrogens with zero attached hydrogens (tertiary/aromatic N) is 3. The third-order valence-corrected chi connectivity index (χ3v) is 2.73. The third kappa shape index (κ3) is 2.53. The average Bonchev–Trinajstić information content (AvgIpc) is 2.73. The minimum Gasteiger partial charge on any atom is -0.376 e. The fourth-order valence-corrected chi connectivity index (χ4v) is 1.70. The van der Waals surface area contributed by atoms with Gasteiger partial charge in [-0.2, -0.15) is 13.2 Å². The Labute approximate surface area is 101 Å². The first kappa shape index (κ1) is 13.0. The van der Waals surface area contributed by atoms with E-state index in [1.165, 1.54) is 11.9 Å². The molecule has 2 rings (SSSR count). The van der Waals surface area contributed by atoms with Gasteiger partial charge >= 0.3 is 6.18 Å². The lowest BCUT2D eigenvalue weighted by Crippen LogP contribution is -2.39. The Morgan fingerprint density at radius 3 is 2.67 bits per heavy atom. The molecule has 1 fully saturated rings. The molecule has 4 nitrogen and oxygen atoms in total. The van der Waals surface area contributed by atoms with Gasteiger partial charge in [-0.3, -0.25) is 0 Å². The smallest absolute Gasteiger partial charge is 0.376 e. The molecule has 1 aliphatic heterocycles. The van der Waals surface area contributed by atoms with E-state index in [1.807, 2.05) is 0 Å². The molecule has 0 unspecified atom stereocenters. The Bertz CT molecular complexity index is 426. The van der Waals surface area contributed by atoms with Gasteiger partial charge in [0.1, 0.15) is 11.9 Å². The summed E-state index contributed by atoms with van der Waals surface area (Å²) in [5.74, 6) is -0.164. The zero-order chi connectivity index (χ0) is 13.3. The van der Waals surface area contributed by atoms with Crippen LogP contribution in [0.5, 0.6) is 0 Å². The fourth-order valence-electron chi connectivity index (χ4n) is 1.70. The van der Waals surface area contributed by atoms with Crippen molar-refractivity contribution in [2.24, 2.45) is 0 Å². The highest BCUT2D eigenvalue weighted by Gasteiger charge is 2.36. The Balaban J connectivity index is 2.23. The van der Waals surface area contributed by atoms with Gasteiger partial charge in [0.2, 0.25) is 5.95 Å². The molecular weight excluding hydrogens is 254 g/mol. The van der Waals surface area contributed by atoms with Crippen LogP contribution >= 0.6 is 0 Å². The van der Waals surface area contributed by atoms with Gasteiger partial charge in [-0.15, -0.1) is 0 Å². The Hall–Kier alpha value is -1.44. The van der Waals surface area contributed by atoms with E-state index in [0.717, 1.165) is 12.3 Å². The second-order valence-corrected chi connectivity index (χ2v) is 3.97. The van der Waals surface area contributed by atoms with Gasteiger partial charge in [0.25, 0.3) is 0 Å². The highest BCUT2D eigenvalue weighted by Crippen LogP contribution is 2.28. The summed E-state index contributed by atoms with van der Waals surface area (Å²) in [6.07, 6.45) is -4.79. The quantitative estimate of drug-likeness (QED) is 0.762. The fraction of sp³-hybridized carbons (Fsp3) is 0.600. The molecule has 2 atom stereocenters. The van der Waals surface area contributed by atoms with Crippen molar-refractivity contribution in [3.05, 3.63) is 18.0 Å². The first-order valence-electron chi connectivity index (χ1n) is 5.24. The molecule has 0 radical (unpaired) electrons. The number of likely N-dealkylation sites (N-methyl/N-ethyl adjacent to an activating group) is 1. The Morgan fingerprint density at radius 2 is 2.11 bits per heavy atom. The van der Waals surface area contributed by atoms with Crippen molar-refractivity contribution < 1.29 is 22.3 Å². The second-order valence-electron chi connectivity index (χ2n) is 3.97. The number of anilines is 1. The summed E-state index contributed by atoms with van der Waals surface area (Å²) >= 11 is 0. The van der Waals surface area contributed by atoms with Gasteiger partial charge in [0.15, 0.2) is 0 Å². The number of hydrogen-bond donors (Lipinski definition) is 0. The van der Waals surface area contributed by atoms with E-state index in [1.54, 1.807) is 0 Å². The van der Waals surface area contributed by atoms with Crippen molar-refractivity contribution in [3.63, 3.8) is 0 Å². The molecule has 18 heavy (non-hydrogen) atoms. The summed E-state index contributed by atoms with van der Waals surface area (Å²) < 4.78 is 55.8. The molecule has 1 aliphatic rings. The molecule has 0 aliphatic carbocycles. The Kier molecular flexibility index (Phi) is 3.38. The van der Waals surface area contributed by atoms with Crippen LogP contribution < -0.4 is 4.90 Å².